The molecular weight excluding hydrogens is 408 g/mol. The normalized spacial score (nSPS) is 14.5. The number of aromatic nitrogens is 1. The summed E-state index contributed by atoms with van der Waals surface area (Å²) in [6.07, 6.45) is 0. The number of nitrogens with zero attached hydrogens (tertiary/aromatic N) is 3. The van der Waals surface area contributed by atoms with Crippen molar-refractivity contribution in [3.05, 3.63) is 53.9 Å². The van der Waals surface area contributed by atoms with Gasteiger partial charge in [0.1, 0.15) is 11.3 Å². The lowest BCUT2D eigenvalue weighted by Crippen LogP contribution is -2.51. The molecule has 3 aromatic rings. The van der Waals surface area contributed by atoms with Gasteiger partial charge >= 0.3 is 6.03 Å². The number of carbonyl (C=O) groups is 2. The Kier molecular flexibility index (Phi) is 5.78. The Bertz CT molecular complexity index is 1140. The third-order valence-electron chi connectivity index (χ3n) is 5.45. The summed E-state index contributed by atoms with van der Waals surface area (Å²) in [7, 11) is 1.57. The molecule has 3 amide bonds. The van der Waals surface area contributed by atoms with Crippen molar-refractivity contribution in [3.63, 3.8) is 0 Å². The van der Waals surface area contributed by atoms with Crippen molar-refractivity contribution in [1.82, 2.24) is 14.8 Å². The molecule has 0 aliphatic carbocycles. The van der Waals surface area contributed by atoms with Crippen molar-refractivity contribution < 1.29 is 18.7 Å². The van der Waals surface area contributed by atoms with Crippen LogP contribution in [-0.4, -0.2) is 60.0 Å². The lowest BCUT2D eigenvalue weighted by molar-refractivity contribution is 0.0671. The average Bonchev–Trinajstić information content (AvgIpc) is 3.23. The smallest absolute Gasteiger partial charge is 0.321 e. The maximum Gasteiger partial charge on any atom is 0.321 e. The fourth-order valence-electron chi connectivity index (χ4n) is 3.58. The summed E-state index contributed by atoms with van der Waals surface area (Å²) >= 11 is 0. The number of urea groups is 1. The topological polar surface area (TPSA) is 87.9 Å². The minimum atomic E-state index is -0.197. The molecule has 0 bridgehead atoms. The van der Waals surface area contributed by atoms with E-state index in [9.17, 15) is 9.59 Å². The van der Waals surface area contributed by atoms with E-state index in [-0.39, 0.29) is 17.4 Å². The standard InChI is InChI=1S/C24H28N4O4/c1-24(2,3)22-26-19-15-17(8-9-20(19)32-22)25-23(30)28-12-10-27(11-13-28)21(29)16-6-5-7-18(14-16)31-4/h5-9,14-15H,10-13H2,1-4H3,(H,25,30). The summed E-state index contributed by atoms with van der Waals surface area (Å²) in [5.74, 6) is 1.25. The van der Waals surface area contributed by atoms with Crippen LogP contribution in [-0.2, 0) is 5.41 Å². The molecule has 0 radical (unpaired) electrons. The van der Waals surface area contributed by atoms with Crippen LogP contribution in [0.1, 0.15) is 37.0 Å². The van der Waals surface area contributed by atoms with Crippen LogP contribution in [0, 0.1) is 0 Å². The molecule has 32 heavy (non-hydrogen) atoms. The van der Waals surface area contributed by atoms with Gasteiger partial charge in [0.15, 0.2) is 5.58 Å². The van der Waals surface area contributed by atoms with E-state index >= 15 is 0 Å². The van der Waals surface area contributed by atoms with Crippen LogP contribution in [0.5, 0.6) is 5.75 Å². The molecule has 1 aromatic heterocycles. The second-order valence-electron chi connectivity index (χ2n) is 8.89. The third kappa shape index (κ3) is 4.54. The van der Waals surface area contributed by atoms with Gasteiger partial charge in [0.2, 0.25) is 5.89 Å². The van der Waals surface area contributed by atoms with Crippen molar-refractivity contribution in [2.75, 3.05) is 38.6 Å². The zero-order valence-electron chi connectivity index (χ0n) is 18.8. The van der Waals surface area contributed by atoms with Crippen molar-refractivity contribution >= 4 is 28.7 Å². The fraction of sp³-hybridized carbons (Fsp3) is 0.375. The Balaban J connectivity index is 1.36. The van der Waals surface area contributed by atoms with Crippen LogP contribution in [0.4, 0.5) is 10.5 Å². The van der Waals surface area contributed by atoms with Gasteiger partial charge in [-0.1, -0.05) is 26.8 Å². The number of anilines is 1. The number of carbonyl (C=O) groups excluding carboxylic acids is 2. The molecule has 0 saturated carbocycles. The molecule has 0 unspecified atom stereocenters. The summed E-state index contributed by atoms with van der Waals surface area (Å²) in [6, 6.07) is 12.3. The highest BCUT2D eigenvalue weighted by atomic mass is 16.5. The number of oxazole rings is 1. The van der Waals surface area contributed by atoms with Crippen LogP contribution in [0.15, 0.2) is 46.9 Å². The zero-order chi connectivity index (χ0) is 22.9. The molecular formula is C24H28N4O4. The summed E-state index contributed by atoms with van der Waals surface area (Å²) in [5, 5.41) is 2.93. The minimum absolute atomic E-state index is 0.0601. The first kappa shape index (κ1) is 21.7. The quantitative estimate of drug-likeness (QED) is 0.667. The molecule has 0 spiro atoms. The van der Waals surface area contributed by atoms with Crippen LogP contribution in [0.2, 0.25) is 0 Å². The van der Waals surface area contributed by atoms with Crippen molar-refractivity contribution in [2.45, 2.75) is 26.2 Å². The maximum absolute atomic E-state index is 12.8. The summed E-state index contributed by atoms with van der Waals surface area (Å²) in [6.45, 7) is 7.99. The first-order valence-electron chi connectivity index (χ1n) is 10.6. The van der Waals surface area contributed by atoms with E-state index in [1.807, 2.05) is 32.9 Å². The van der Waals surface area contributed by atoms with Gasteiger partial charge in [-0.05, 0) is 36.4 Å². The first-order valence-corrected chi connectivity index (χ1v) is 10.6. The zero-order valence-corrected chi connectivity index (χ0v) is 18.8. The van der Waals surface area contributed by atoms with Gasteiger partial charge in [0, 0.05) is 42.8 Å². The molecule has 0 atom stereocenters. The minimum Gasteiger partial charge on any atom is -0.497 e. The lowest BCUT2D eigenvalue weighted by Gasteiger charge is -2.34. The summed E-state index contributed by atoms with van der Waals surface area (Å²) in [5.41, 5.74) is 2.45. The third-order valence-corrected chi connectivity index (χ3v) is 5.45. The predicted octanol–water partition coefficient (Wildman–Crippen LogP) is 4.12. The molecule has 8 heteroatoms. The predicted molar refractivity (Wildman–Crippen MR) is 122 cm³/mol. The number of rotatable bonds is 3. The Hall–Kier alpha value is -3.55. The molecule has 2 aromatic carbocycles. The molecule has 1 saturated heterocycles. The Morgan fingerprint density at radius 1 is 1.03 bits per heavy atom. The number of amides is 3. The van der Waals surface area contributed by atoms with Gasteiger partial charge in [-0.3, -0.25) is 4.79 Å². The lowest BCUT2D eigenvalue weighted by atomic mass is 9.97. The van der Waals surface area contributed by atoms with Gasteiger partial charge < -0.3 is 24.3 Å². The Labute approximate surface area is 187 Å². The van der Waals surface area contributed by atoms with Gasteiger partial charge in [0.05, 0.1) is 7.11 Å². The van der Waals surface area contributed by atoms with E-state index in [4.69, 9.17) is 9.15 Å². The summed E-state index contributed by atoms with van der Waals surface area (Å²) < 4.78 is 11.0. The fourth-order valence-corrected chi connectivity index (χ4v) is 3.58. The van der Waals surface area contributed by atoms with Gasteiger partial charge in [-0.25, -0.2) is 9.78 Å². The van der Waals surface area contributed by atoms with Crippen molar-refractivity contribution in [2.24, 2.45) is 0 Å². The highest BCUT2D eigenvalue weighted by molar-refractivity contribution is 5.95. The highest BCUT2D eigenvalue weighted by Crippen LogP contribution is 2.27. The van der Waals surface area contributed by atoms with E-state index in [0.717, 1.165) is 0 Å². The second-order valence-corrected chi connectivity index (χ2v) is 8.89. The Morgan fingerprint density at radius 3 is 2.44 bits per heavy atom. The van der Waals surface area contributed by atoms with Gasteiger partial charge in [-0.2, -0.15) is 0 Å². The molecule has 4 rings (SSSR count). The first-order chi connectivity index (χ1) is 15.2. The number of nitrogens with one attached hydrogen (secondary N) is 1. The van der Waals surface area contributed by atoms with Crippen molar-refractivity contribution in [3.8, 4) is 5.75 Å². The maximum atomic E-state index is 12.8. The molecule has 1 aliphatic rings. The second kappa shape index (κ2) is 8.53. The highest BCUT2D eigenvalue weighted by Gasteiger charge is 2.25. The van der Waals surface area contributed by atoms with Gasteiger partial charge in [0.25, 0.3) is 5.91 Å². The SMILES string of the molecule is COc1cccc(C(=O)N2CCN(C(=O)Nc3ccc4oc(C(C)(C)C)nc4c3)CC2)c1. The van der Waals surface area contributed by atoms with Crippen LogP contribution in [0.25, 0.3) is 11.1 Å². The number of piperazine rings is 1. The molecule has 8 nitrogen and oxygen atoms in total. The molecule has 1 N–H and O–H groups in total. The largest absolute Gasteiger partial charge is 0.497 e. The number of hydrogen-bond acceptors (Lipinski definition) is 5. The van der Waals surface area contributed by atoms with Crippen LogP contribution < -0.4 is 10.1 Å². The van der Waals surface area contributed by atoms with E-state index in [0.29, 0.717) is 60.2 Å². The number of hydrogen-bond donors (Lipinski definition) is 1. The van der Waals surface area contributed by atoms with Crippen molar-refractivity contribution in [1.29, 1.82) is 0 Å². The summed E-state index contributed by atoms with van der Waals surface area (Å²) in [4.78, 5) is 33.5. The van der Waals surface area contributed by atoms with E-state index in [1.165, 1.54) is 0 Å². The van der Waals surface area contributed by atoms with E-state index < -0.39 is 0 Å². The number of benzene rings is 2. The Morgan fingerprint density at radius 2 is 1.75 bits per heavy atom. The molecule has 2 heterocycles. The van der Waals surface area contributed by atoms with Crippen LogP contribution >= 0.6 is 0 Å². The molecule has 1 fully saturated rings. The average molecular weight is 437 g/mol. The monoisotopic (exact) mass is 436 g/mol. The van der Waals surface area contributed by atoms with Gasteiger partial charge in [-0.15, -0.1) is 0 Å². The van der Waals surface area contributed by atoms with E-state index in [2.05, 4.69) is 10.3 Å². The molecule has 168 valence electrons. The van der Waals surface area contributed by atoms with Crippen LogP contribution in [0.3, 0.4) is 0 Å². The number of fused-ring (bicyclic) bond motifs is 1. The van der Waals surface area contributed by atoms with E-state index in [1.54, 1.807) is 47.2 Å². The molecule has 1 aliphatic heterocycles. The number of methoxy groups -OCH3 is 1. The number of ether oxygens (including phenoxy) is 1.